The van der Waals surface area contributed by atoms with Crippen molar-refractivity contribution in [2.75, 3.05) is 6.26 Å². The van der Waals surface area contributed by atoms with Crippen LogP contribution in [0.5, 0.6) is 0 Å². The van der Waals surface area contributed by atoms with Crippen molar-refractivity contribution in [3.8, 4) is 11.5 Å². The molecule has 0 atom stereocenters. The topological polar surface area (TPSA) is 56.0 Å². The van der Waals surface area contributed by atoms with Crippen LogP contribution in [0.1, 0.15) is 10.6 Å². The summed E-state index contributed by atoms with van der Waals surface area (Å²) in [5.74, 6) is 0.879. The standard InChI is InChI=1S/C10H8N2O2S/c1-15-10-11-5-4-8(12-10)9-3-2-7(6-13)14-9/h2-6H,1H3. The average molecular weight is 220 g/mol. The summed E-state index contributed by atoms with van der Waals surface area (Å²) in [6, 6.07) is 5.08. The minimum absolute atomic E-state index is 0.300. The molecule has 0 radical (unpaired) electrons. The van der Waals surface area contributed by atoms with E-state index in [1.807, 2.05) is 6.26 Å². The second-order valence-corrected chi connectivity index (χ2v) is 3.52. The fourth-order valence-electron chi connectivity index (χ4n) is 1.13. The SMILES string of the molecule is CSc1nccc(-c2ccc(C=O)o2)n1. The average Bonchev–Trinajstić information content (AvgIpc) is 2.78. The van der Waals surface area contributed by atoms with E-state index in [2.05, 4.69) is 9.97 Å². The number of aromatic nitrogens is 2. The molecule has 2 aromatic heterocycles. The molecule has 0 aliphatic rings. The van der Waals surface area contributed by atoms with Crippen LogP contribution in [-0.4, -0.2) is 22.5 Å². The summed E-state index contributed by atoms with van der Waals surface area (Å²) in [5, 5.41) is 0.677. The highest BCUT2D eigenvalue weighted by Crippen LogP contribution is 2.20. The van der Waals surface area contributed by atoms with Gasteiger partial charge in [-0.2, -0.15) is 0 Å². The summed E-state index contributed by atoms with van der Waals surface area (Å²) >= 11 is 1.46. The number of rotatable bonds is 3. The van der Waals surface area contributed by atoms with Gasteiger partial charge in [0.2, 0.25) is 0 Å². The van der Waals surface area contributed by atoms with Crippen molar-refractivity contribution >= 4 is 18.0 Å². The lowest BCUT2D eigenvalue weighted by Gasteiger charge is -1.97. The van der Waals surface area contributed by atoms with E-state index in [1.165, 1.54) is 11.8 Å². The summed E-state index contributed by atoms with van der Waals surface area (Å²) in [6.07, 6.45) is 4.23. The van der Waals surface area contributed by atoms with Crippen molar-refractivity contribution in [2.45, 2.75) is 5.16 Å². The van der Waals surface area contributed by atoms with Crippen LogP contribution in [-0.2, 0) is 0 Å². The highest BCUT2D eigenvalue weighted by Gasteiger charge is 2.06. The third-order valence-electron chi connectivity index (χ3n) is 1.81. The van der Waals surface area contributed by atoms with Gasteiger partial charge in [0, 0.05) is 6.20 Å². The minimum Gasteiger partial charge on any atom is -0.452 e. The maximum Gasteiger partial charge on any atom is 0.187 e. The summed E-state index contributed by atoms with van der Waals surface area (Å²) in [6.45, 7) is 0. The Morgan fingerprint density at radius 1 is 1.40 bits per heavy atom. The van der Waals surface area contributed by atoms with Crippen molar-refractivity contribution in [3.05, 3.63) is 30.2 Å². The normalized spacial score (nSPS) is 10.2. The van der Waals surface area contributed by atoms with E-state index in [0.717, 1.165) is 0 Å². The summed E-state index contributed by atoms with van der Waals surface area (Å²) in [5.41, 5.74) is 0.683. The number of carbonyl (C=O) groups is 1. The van der Waals surface area contributed by atoms with E-state index < -0.39 is 0 Å². The number of furan rings is 1. The summed E-state index contributed by atoms with van der Waals surface area (Å²) < 4.78 is 5.25. The highest BCUT2D eigenvalue weighted by atomic mass is 32.2. The van der Waals surface area contributed by atoms with Crippen molar-refractivity contribution in [1.82, 2.24) is 9.97 Å². The van der Waals surface area contributed by atoms with Crippen LogP contribution >= 0.6 is 11.8 Å². The Labute approximate surface area is 90.7 Å². The fourth-order valence-corrected chi connectivity index (χ4v) is 1.49. The van der Waals surface area contributed by atoms with Crippen LogP contribution in [0, 0.1) is 0 Å². The third kappa shape index (κ3) is 2.07. The zero-order valence-corrected chi connectivity index (χ0v) is 8.82. The lowest BCUT2D eigenvalue weighted by Crippen LogP contribution is -1.87. The molecule has 0 unspecified atom stereocenters. The predicted molar refractivity (Wildman–Crippen MR) is 56.9 cm³/mol. The third-order valence-corrected chi connectivity index (χ3v) is 2.37. The van der Waals surface area contributed by atoms with E-state index in [9.17, 15) is 4.79 Å². The Kier molecular flexibility index (Phi) is 2.82. The number of hydrogen-bond donors (Lipinski definition) is 0. The predicted octanol–water partition coefficient (Wildman–Crippen LogP) is 2.27. The van der Waals surface area contributed by atoms with Crippen LogP contribution in [0.25, 0.3) is 11.5 Å². The quantitative estimate of drug-likeness (QED) is 0.451. The van der Waals surface area contributed by atoms with E-state index in [-0.39, 0.29) is 0 Å². The molecule has 0 amide bonds. The van der Waals surface area contributed by atoms with E-state index in [0.29, 0.717) is 28.7 Å². The van der Waals surface area contributed by atoms with Crippen molar-refractivity contribution < 1.29 is 9.21 Å². The van der Waals surface area contributed by atoms with E-state index in [4.69, 9.17) is 4.42 Å². The number of carbonyl (C=O) groups excluding carboxylic acids is 1. The molecule has 2 aromatic rings. The highest BCUT2D eigenvalue weighted by molar-refractivity contribution is 7.98. The molecule has 4 nitrogen and oxygen atoms in total. The lowest BCUT2D eigenvalue weighted by atomic mass is 10.3. The molecule has 2 rings (SSSR count). The van der Waals surface area contributed by atoms with Gasteiger partial charge in [-0.15, -0.1) is 0 Å². The maximum absolute atomic E-state index is 10.4. The van der Waals surface area contributed by atoms with Gasteiger partial charge in [-0.05, 0) is 24.5 Å². The Bertz CT molecular complexity index is 482. The number of hydrogen-bond acceptors (Lipinski definition) is 5. The molecule has 15 heavy (non-hydrogen) atoms. The number of thioether (sulfide) groups is 1. The first-order valence-corrected chi connectivity index (χ1v) is 5.48. The van der Waals surface area contributed by atoms with Crippen LogP contribution in [0.3, 0.4) is 0 Å². The molecule has 0 aromatic carbocycles. The molecule has 0 aliphatic carbocycles. The number of aldehydes is 1. The first kappa shape index (κ1) is 9.92. The fraction of sp³-hybridized carbons (Fsp3) is 0.100. The molecular formula is C10H8N2O2S. The largest absolute Gasteiger partial charge is 0.452 e. The van der Waals surface area contributed by atoms with Gasteiger partial charge in [-0.1, -0.05) is 11.8 Å². The second kappa shape index (κ2) is 4.27. The Morgan fingerprint density at radius 3 is 2.93 bits per heavy atom. The Hall–Kier alpha value is -1.62. The van der Waals surface area contributed by atoms with E-state index in [1.54, 1.807) is 24.4 Å². The summed E-state index contributed by atoms with van der Waals surface area (Å²) in [7, 11) is 0. The Morgan fingerprint density at radius 2 is 2.27 bits per heavy atom. The first-order chi connectivity index (χ1) is 7.33. The summed E-state index contributed by atoms with van der Waals surface area (Å²) in [4.78, 5) is 18.7. The molecule has 0 saturated carbocycles. The van der Waals surface area contributed by atoms with Gasteiger partial charge in [0.1, 0.15) is 5.69 Å². The van der Waals surface area contributed by atoms with Gasteiger partial charge in [0.15, 0.2) is 23.0 Å². The zero-order valence-electron chi connectivity index (χ0n) is 8.01. The van der Waals surface area contributed by atoms with Crippen molar-refractivity contribution in [2.24, 2.45) is 0 Å². The van der Waals surface area contributed by atoms with Gasteiger partial charge in [0.25, 0.3) is 0 Å². The molecule has 0 bridgehead atoms. The molecule has 5 heteroatoms. The molecule has 2 heterocycles. The van der Waals surface area contributed by atoms with Crippen LogP contribution in [0.15, 0.2) is 34.0 Å². The van der Waals surface area contributed by atoms with E-state index >= 15 is 0 Å². The maximum atomic E-state index is 10.4. The Balaban J connectivity index is 2.39. The molecule has 0 N–H and O–H groups in total. The number of nitrogens with zero attached hydrogens (tertiary/aromatic N) is 2. The molecule has 0 spiro atoms. The van der Waals surface area contributed by atoms with Crippen LogP contribution in [0.2, 0.25) is 0 Å². The van der Waals surface area contributed by atoms with Crippen LogP contribution in [0.4, 0.5) is 0 Å². The lowest BCUT2D eigenvalue weighted by molar-refractivity contribution is 0.110. The van der Waals surface area contributed by atoms with Gasteiger partial charge >= 0.3 is 0 Å². The molecule has 0 aliphatic heterocycles. The van der Waals surface area contributed by atoms with Crippen molar-refractivity contribution in [3.63, 3.8) is 0 Å². The minimum atomic E-state index is 0.300. The smallest absolute Gasteiger partial charge is 0.187 e. The van der Waals surface area contributed by atoms with Gasteiger partial charge < -0.3 is 4.42 Å². The van der Waals surface area contributed by atoms with Gasteiger partial charge in [0.05, 0.1) is 0 Å². The molecular weight excluding hydrogens is 212 g/mol. The molecule has 0 saturated heterocycles. The van der Waals surface area contributed by atoms with Crippen LogP contribution < -0.4 is 0 Å². The van der Waals surface area contributed by atoms with Gasteiger partial charge in [-0.25, -0.2) is 9.97 Å². The zero-order chi connectivity index (χ0) is 10.7. The van der Waals surface area contributed by atoms with Gasteiger partial charge in [-0.3, -0.25) is 4.79 Å². The first-order valence-electron chi connectivity index (χ1n) is 4.26. The second-order valence-electron chi connectivity index (χ2n) is 2.75. The monoisotopic (exact) mass is 220 g/mol. The molecule has 76 valence electrons. The van der Waals surface area contributed by atoms with Crippen molar-refractivity contribution in [1.29, 1.82) is 0 Å². The molecule has 0 fully saturated rings.